The fraction of sp³-hybridized carbons (Fsp3) is 0.429. The maximum atomic E-state index is 13.9. The highest BCUT2D eigenvalue weighted by molar-refractivity contribution is 9.10. The van der Waals surface area contributed by atoms with E-state index in [0.29, 0.717) is 12.8 Å². The van der Waals surface area contributed by atoms with Gasteiger partial charge in [0.2, 0.25) is 11.8 Å². The molecule has 0 N–H and O–H groups in total. The average Bonchev–Trinajstić information content (AvgIpc) is 2.66. The second-order valence-electron chi connectivity index (χ2n) is 4.92. The van der Waals surface area contributed by atoms with Gasteiger partial charge in [0, 0.05) is 12.5 Å². The van der Waals surface area contributed by atoms with Crippen molar-refractivity contribution >= 4 is 33.4 Å². The van der Waals surface area contributed by atoms with Gasteiger partial charge >= 0.3 is 0 Å². The van der Waals surface area contributed by atoms with Crippen LogP contribution in [-0.2, 0) is 9.59 Å². The van der Waals surface area contributed by atoms with Gasteiger partial charge in [0.05, 0.1) is 15.6 Å². The molecule has 2 amide bonds. The van der Waals surface area contributed by atoms with Gasteiger partial charge in [0.1, 0.15) is 11.6 Å². The summed E-state index contributed by atoms with van der Waals surface area (Å²) < 4.78 is 27.5. The van der Waals surface area contributed by atoms with Crippen molar-refractivity contribution in [1.29, 1.82) is 0 Å². The Balaban J connectivity index is 2.51. The van der Waals surface area contributed by atoms with E-state index in [0.717, 1.165) is 17.0 Å². The van der Waals surface area contributed by atoms with E-state index < -0.39 is 28.9 Å². The third-order valence-corrected chi connectivity index (χ3v) is 4.59. The van der Waals surface area contributed by atoms with Gasteiger partial charge in [-0.25, -0.2) is 13.7 Å². The molecule has 2 rings (SSSR count). The fourth-order valence-electron chi connectivity index (χ4n) is 2.52. The molecule has 3 nitrogen and oxygen atoms in total. The van der Waals surface area contributed by atoms with E-state index in [1.165, 1.54) is 0 Å². The molecule has 1 fully saturated rings. The minimum absolute atomic E-state index is 0.0377. The topological polar surface area (TPSA) is 37.4 Å². The summed E-state index contributed by atoms with van der Waals surface area (Å²) in [5.74, 6) is -2.46. The molecule has 0 spiro atoms. The Morgan fingerprint density at radius 1 is 1.20 bits per heavy atom. The van der Waals surface area contributed by atoms with Gasteiger partial charge in [-0.2, -0.15) is 0 Å². The zero-order valence-corrected chi connectivity index (χ0v) is 12.8. The van der Waals surface area contributed by atoms with Crippen molar-refractivity contribution < 1.29 is 18.4 Å². The quantitative estimate of drug-likeness (QED) is 0.617. The first-order valence-corrected chi connectivity index (χ1v) is 7.17. The normalized spacial score (nSPS) is 17.9. The van der Waals surface area contributed by atoms with Crippen molar-refractivity contribution in [3.63, 3.8) is 0 Å². The number of anilines is 1. The van der Waals surface area contributed by atoms with Crippen molar-refractivity contribution in [3.8, 4) is 0 Å². The molecular formula is C14H14BrF2NO2. The standard InChI is InChI=1S/C14H14BrF2NO2/c1-3-14(4-2)7-12(19)18(13(14)20)11-6-9(16)8(15)5-10(11)17/h5-6H,3-4,7H2,1-2H3. The first-order valence-electron chi connectivity index (χ1n) is 6.38. The van der Waals surface area contributed by atoms with Gasteiger partial charge in [0.15, 0.2) is 0 Å². The fourth-order valence-corrected chi connectivity index (χ4v) is 2.84. The summed E-state index contributed by atoms with van der Waals surface area (Å²) in [4.78, 5) is 25.3. The number of carbonyl (C=O) groups is 2. The van der Waals surface area contributed by atoms with Crippen molar-refractivity contribution in [2.45, 2.75) is 33.1 Å². The van der Waals surface area contributed by atoms with E-state index in [1.807, 2.05) is 13.8 Å². The van der Waals surface area contributed by atoms with E-state index in [1.54, 1.807) is 0 Å². The van der Waals surface area contributed by atoms with Crippen molar-refractivity contribution in [2.24, 2.45) is 5.41 Å². The molecule has 0 saturated carbocycles. The van der Waals surface area contributed by atoms with E-state index in [4.69, 9.17) is 0 Å². The summed E-state index contributed by atoms with van der Waals surface area (Å²) >= 11 is 2.87. The average molecular weight is 346 g/mol. The number of nitrogens with zero attached hydrogens (tertiary/aromatic N) is 1. The van der Waals surface area contributed by atoms with Crippen LogP contribution in [0.4, 0.5) is 14.5 Å². The molecule has 1 aromatic rings. The summed E-state index contributed by atoms with van der Waals surface area (Å²) in [6.45, 7) is 3.63. The predicted octanol–water partition coefficient (Wildman–Crippen LogP) is 3.80. The Morgan fingerprint density at radius 2 is 1.80 bits per heavy atom. The number of halogens is 3. The second-order valence-corrected chi connectivity index (χ2v) is 5.77. The lowest BCUT2D eigenvalue weighted by molar-refractivity contribution is -0.126. The number of hydrogen-bond acceptors (Lipinski definition) is 2. The highest BCUT2D eigenvalue weighted by atomic mass is 79.9. The third kappa shape index (κ3) is 2.16. The van der Waals surface area contributed by atoms with Crippen LogP contribution in [-0.4, -0.2) is 11.8 Å². The molecule has 1 aromatic carbocycles. The van der Waals surface area contributed by atoms with Crippen LogP contribution in [0.2, 0.25) is 0 Å². The molecule has 0 bridgehead atoms. The van der Waals surface area contributed by atoms with Crippen LogP contribution in [0.15, 0.2) is 16.6 Å². The Kier molecular flexibility index (Phi) is 3.95. The van der Waals surface area contributed by atoms with Crippen molar-refractivity contribution in [3.05, 3.63) is 28.2 Å². The molecule has 0 radical (unpaired) electrons. The molecule has 1 saturated heterocycles. The van der Waals surface area contributed by atoms with Crippen LogP contribution in [0.5, 0.6) is 0 Å². The Bertz CT molecular complexity index is 585. The summed E-state index contributed by atoms with van der Waals surface area (Å²) in [5.41, 5.74) is -1.11. The van der Waals surface area contributed by atoms with Crippen LogP contribution in [0.1, 0.15) is 33.1 Å². The third-order valence-electron chi connectivity index (χ3n) is 3.98. The summed E-state index contributed by atoms with van der Waals surface area (Å²) in [5, 5.41) is 0. The maximum Gasteiger partial charge on any atom is 0.240 e. The van der Waals surface area contributed by atoms with Crippen LogP contribution in [0, 0.1) is 17.0 Å². The zero-order chi connectivity index (χ0) is 15.1. The second kappa shape index (κ2) is 5.24. The first-order chi connectivity index (χ1) is 9.36. The van der Waals surface area contributed by atoms with E-state index in [2.05, 4.69) is 15.9 Å². The van der Waals surface area contributed by atoms with Gasteiger partial charge in [-0.15, -0.1) is 0 Å². The predicted molar refractivity (Wildman–Crippen MR) is 74.2 cm³/mol. The summed E-state index contributed by atoms with van der Waals surface area (Å²) in [6, 6.07) is 1.79. The number of hydrogen-bond donors (Lipinski definition) is 0. The molecule has 0 unspecified atom stereocenters. The highest BCUT2D eigenvalue weighted by Gasteiger charge is 2.50. The van der Waals surface area contributed by atoms with Gasteiger partial charge in [0.25, 0.3) is 0 Å². The number of imide groups is 1. The maximum absolute atomic E-state index is 13.9. The van der Waals surface area contributed by atoms with Crippen molar-refractivity contribution in [1.82, 2.24) is 0 Å². The van der Waals surface area contributed by atoms with Crippen molar-refractivity contribution in [2.75, 3.05) is 4.90 Å². The van der Waals surface area contributed by atoms with E-state index >= 15 is 0 Å². The lowest BCUT2D eigenvalue weighted by Crippen LogP contribution is -2.35. The molecule has 108 valence electrons. The van der Waals surface area contributed by atoms with Crippen LogP contribution in [0.3, 0.4) is 0 Å². The highest BCUT2D eigenvalue weighted by Crippen LogP contribution is 2.42. The Labute approximate surface area is 124 Å². The van der Waals surface area contributed by atoms with Gasteiger partial charge in [-0.3, -0.25) is 9.59 Å². The molecule has 1 aliphatic heterocycles. The Hall–Kier alpha value is -1.30. The van der Waals surface area contributed by atoms with Crippen LogP contribution < -0.4 is 4.90 Å². The number of benzene rings is 1. The molecule has 0 aliphatic carbocycles. The van der Waals surface area contributed by atoms with Gasteiger partial charge in [-0.1, -0.05) is 13.8 Å². The number of carbonyl (C=O) groups excluding carboxylic acids is 2. The smallest absolute Gasteiger partial charge is 0.240 e. The van der Waals surface area contributed by atoms with E-state index in [9.17, 15) is 18.4 Å². The molecule has 0 aromatic heterocycles. The van der Waals surface area contributed by atoms with Crippen LogP contribution in [0.25, 0.3) is 0 Å². The molecule has 20 heavy (non-hydrogen) atoms. The molecule has 1 aliphatic rings. The van der Waals surface area contributed by atoms with E-state index in [-0.39, 0.29) is 16.6 Å². The lowest BCUT2D eigenvalue weighted by Gasteiger charge is -2.23. The van der Waals surface area contributed by atoms with Crippen LogP contribution >= 0.6 is 15.9 Å². The minimum Gasteiger partial charge on any atom is -0.274 e. The lowest BCUT2D eigenvalue weighted by atomic mass is 9.81. The summed E-state index contributed by atoms with van der Waals surface area (Å²) in [7, 11) is 0. The minimum atomic E-state index is -0.803. The number of rotatable bonds is 3. The number of amides is 2. The monoisotopic (exact) mass is 345 g/mol. The molecule has 6 heteroatoms. The SMILES string of the molecule is CCC1(CC)CC(=O)N(c2cc(F)c(Br)cc2F)C1=O. The van der Waals surface area contributed by atoms with Gasteiger partial charge in [-0.05, 0) is 34.8 Å². The first kappa shape index (κ1) is 15.1. The van der Waals surface area contributed by atoms with Gasteiger partial charge < -0.3 is 0 Å². The molecular weight excluding hydrogens is 332 g/mol. The molecule has 1 heterocycles. The largest absolute Gasteiger partial charge is 0.274 e. The zero-order valence-electron chi connectivity index (χ0n) is 11.2. The molecule has 0 atom stereocenters. The summed E-state index contributed by atoms with van der Waals surface area (Å²) in [6.07, 6.45) is 1.02. The Morgan fingerprint density at radius 3 is 2.30 bits per heavy atom.